The van der Waals surface area contributed by atoms with Crippen molar-refractivity contribution in [2.24, 2.45) is 12.5 Å². The van der Waals surface area contributed by atoms with E-state index in [2.05, 4.69) is 39.4 Å². The second-order valence-corrected chi connectivity index (χ2v) is 12.4. The second-order valence-electron chi connectivity index (χ2n) is 12.4. The van der Waals surface area contributed by atoms with Gasteiger partial charge in [-0.05, 0) is 70.1 Å². The number of pyridine rings is 2. The number of hydrogen-bond acceptors (Lipinski definition) is 7. The number of likely N-dealkylation sites (tertiary alicyclic amines) is 1. The van der Waals surface area contributed by atoms with Gasteiger partial charge in [0.1, 0.15) is 17.5 Å². The first-order valence-electron chi connectivity index (χ1n) is 14.2. The molecule has 2 fully saturated rings. The highest BCUT2D eigenvalue weighted by atomic mass is 16.6. The molecule has 6 rings (SSSR count). The van der Waals surface area contributed by atoms with Crippen molar-refractivity contribution < 1.29 is 9.53 Å². The van der Waals surface area contributed by atoms with Gasteiger partial charge in [-0.1, -0.05) is 0 Å². The fourth-order valence-corrected chi connectivity index (χ4v) is 6.19. The van der Waals surface area contributed by atoms with E-state index in [1.54, 1.807) is 15.4 Å². The predicted molar refractivity (Wildman–Crippen MR) is 156 cm³/mol. The number of nitriles is 1. The third-order valence-corrected chi connectivity index (χ3v) is 8.29. The Morgan fingerprint density at radius 1 is 1.00 bits per heavy atom. The molecule has 1 amide bonds. The number of ether oxygens (including phenoxy) is 1. The Morgan fingerprint density at radius 2 is 1.80 bits per heavy atom. The van der Waals surface area contributed by atoms with Crippen LogP contribution in [0, 0.1) is 16.7 Å². The van der Waals surface area contributed by atoms with Gasteiger partial charge in [0, 0.05) is 74.1 Å². The zero-order valence-corrected chi connectivity index (χ0v) is 24.2. The topological polar surface area (TPSA) is 105 Å². The van der Waals surface area contributed by atoms with Crippen LogP contribution >= 0.6 is 0 Å². The number of aromatic nitrogens is 5. The lowest BCUT2D eigenvalue weighted by atomic mass is 9.72. The molecule has 41 heavy (non-hydrogen) atoms. The van der Waals surface area contributed by atoms with Gasteiger partial charge in [0.25, 0.3) is 0 Å². The van der Waals surface area contributed by atoms with Gasteiger partial charge in [-0.15, -0.1) is 0 Å². The summed E-state index contributed by atoms with van der Waals surface area (Å²) in [6.07, 6.45) is 13.2. The normalized spacial score (nSPS) is 17.1. The second kappa shape index (κ2) is 10.2. The minimum atomic E-state index is -0.483. The molecular weight excluding hydrogens is 516 g/mol. The first kappa shape index (κ1) is 26.8. The van der Waals surface area contributed by atoms with Crippen LogP contribution in [-0.4, -0.2) is 67.2 Å². The Hall–Kier alpha value is -4.39. The van der Waals surface area contributed by atoms with Crippen LogP contribution in [0.4, 0.5) is 10.6 Å². The molecule has 2 aliphatic heterocycles. The van der Waals surface area contributed by atoms with Crippen LogP contribution in [0.3, 0.4) is 0 Å². The van der Waals surface area contributed by atoms with Crippen LogP contribution in [0.2, 0.25) is 0 Å². The predicted octanol–water partition coefficient (Wildman–Crippen LogP) is 5.29. The van der Waals surface area contributed by atoms with E-state index in [-0.39, 0.29) is 11.5 Å². The lowest BCUT2D eigenvalue weighted by Gasteiger charge is -2.47. The van der Waals surface area contributed by atoms with Gasteiger partial charge < -0.3 is 14.5 Å². The lowest BCUT2D eigenvalue weighted by molar-refractivity contribution is -0.000551. The fraction of sp³-hybridized carbons (Fsp3) is 0.452. The Balaban J connectivity index is 1.20. The number of rotatable bonds is 3. The summed E-state index contributed by atoms with van der Waals surface area (Å²) in [5, 5.41) is 18.5. The Kier molecular flexibility index (Phi) is 6.68. The highest BCUT2D eigenvalue weighted by Crippen LogP contribution is 2.41. The number of amides is 1. The molecule has 10 heteroatoms. The van der Waals surface area contributed by atoms with E-state index in [1.807, 2.05) is 57.5 Å². The van der Waals surface area contributed by atoms with Crippen LogP contribution < -0.4 is 4.90 Å². The SMILES string of the molecule is Cn1cc(-c2cc(-c3ccc(N4CCC5(CCCN(C(=O)OC(C)(C)C)C5)CC4)nc3)c3c(C#N)cnn3c2)cn1. The first-order valence-corrected chi connectivity index (χ1v) is 14.2. The minimum Gasteiger partial charge on any atom is -0.444 e. The molecule has 10 nitrogen and oxygen atoms in total. The number of anilines is 1. The number of hydrogen-bond donors (Lipinski definition) is 0. The lowest BCUT2D eigenvalue weighted by Crippen LogP contribution is -2.52. The van der Waals surface area contributed by atoms with Crippen molar-refractivity contribution in [1.82, 2.24) is 29.3 Å². The van der Waals surface area contributed by atoms with Gasteiger partial charge in [-0.3, -0.25) is 4.68 Å². The highest BCUT2D eigenvalue weighted by molar-refractivity contribution is 5.87. The largest absolute Gasteiger partial charge is 0.444 e. The number of fused-ring (bicyclic) bond motifs is 1. The Morgan fingerprint density at radius 3 is 2.46 bits per heavy atom. The number of aryl methyl sites for hydroxylation is 1. The monoisotopic (exact) mass is 552 g/mol. The van der Waals surface area contributed by atoms with Crippen LogP contribution in [0.5, 0.6) is 0 Å². The molecule has 4 aromatic heterocycles. The van der Waals surface area contributed by atoms with Crippen LogP contribution in [0.25, 0.3) is 27.8 Å². The van der Waals surface area contributed by atoms with Crippen molar-refractivity contribution in [2.75, 3.05) is 31.1 Å². The minimum absolute atomic E-state index is 0.139. The van der Waals surface area contributed by atoms with Crippen molar-refractivity contribution in [1.29, 1.82) is 5.26 Å². The summed E-state index contributed by atoms with van der Waals surface area (Å²) in [6, 6.07) is 8.50. The summed E-state index contributed by atoms with van der Waals surface area (Å²) >= 11 is 0. The van der Waals surface area contributed by atoms with E-state index >= 15 is 0 Å². The van der Waals surface area contributed by atoms with Crippen molar-refractivity contribution in [3.63, 3.8) is 0 Å². The van der Waals surface area contributed by atoms with Crippen LogP contribution in [-0.2, 0) is 11.8 Å². The third kappa shape index (κ3) is 5.36. The van der Waals surface area contributed by atoms with Gasteiger partial charge in [-0.25, -0.2) is 14.3 Å². The summed E-state index contributed by atoms with van der Waals surface area (Å²) in [5.74, 6) is 0.942. The summed E-state index contributed by atoms with van der Waals surface area (Å²) in [7, 11) is 1.89. The molecule has 0 radical (unpaired) electrons. The summed E-state index contributed by atoms with van der Waals surface area (Å²) in [6.45, 7) is 9.08. The first-order chi connectivity index (χ1) is 19.6. The molecule has 0 aliphatic carbocycles. The summed E-state index contributed by atoms with van der Waals surface area (Å²) in [5.41, 5.74) is 4.72. The smallest absolute Gasteiger partial charge is 0.410 e. The third-order valence-electron chi connectivity index (χ3n) is 8.29. The quantitative estimate of drug-likeness (QED) is 0.340. The Bertz CT molecular complexity index is 1610. The molecule has 212 valence electrons. The van der Waals surface area contributed by atoms with Crippen molar-refractivity contribution in [2.45, 2.75) is 52.1 Å². The molecule has 0 atom stereocenters. The van der Waals surface area contributed by atoms with E-state index in [0.29, 0.717) is 5.56 Å². The van der Waals surface area contributed by atoms with Gasteiger partial charge in [0.2, 0.25) is 0 Å². The molecule has 1 spiro atoms. The number of carbonyl (C=O) groups is 1. The zero-order chi connectivity index (χ0) is 28.8. The number of carbonyl (C=O) groups excluding carboxylic acids is 1. The van der Waals surface area contributed by atoms with Crippen molar-refractivity contribution in [3.8, 4) is 28.3 Å². The van der Waals surface area contributed by atoms with Gasteiger partial charge in [0.05, 0.1) is 23.5 Å². The zero-order valence-electron chi connectivity index (χ0n) is 24.2. The molecule has 6 heterocycles. The summed E-state index contributed by atoms with van der Waals surface area (Å²) in [4.78, 5) is 21.8. The number of nitrogens with zero attached hydrogens (tertiary/aromatic N) is 8. The van der Waals surface area contributed by atoms with Crippen molar-refractivity contribution >= 4 is 17.4 Å². The molecule has 2 saturated heterocycles. The maximum atomic E-state index is 12.7. The van der Waals surface area contributed by atoms with E-state index < -0.39 is 5.60 Å². The maximum absolute atomic E-state index is 12.7. The van der Waals surface area contributed by atoms with Gasteiger partial charge in [-0.2, -0.15) is 15.5 Å². The molecule has 0 unspecified atom stereocenters. The molecule has 0 saturated carbocycles. The Labute approximate surface area is 240 Å². The van der Waals surface area contributed by atoms with Crippen molar-refractivity contribution in [3.05, 3.63) is 54.7 Å². The fourth-order valence-electron chi connectivity index (χ4n) is 6.19. The standard InChI is InChI=1S/C31H36N8O2/c1-30(2,3)41-29(40)38-11-5-8-31(21-38)9-12-37(13-10-31)27-7-6-22(16-33-27)26-14-23(25-18-34-36(4)19-25)20-39-28(26)24(15-32)17-35-39/h6-7,14,16-20H,5,8-13,21H2,1-4H3. The van der Waals surface area contributed by atoms with Gasteiger partial charge >= 0.3 is 6.09 Å². The van der Waals surface area contributed by atoms with Crippen LogP contribution in [0.15, 0.2) is 49.2 Å². The average Bonchev–Trinajstić information content (AvgIpc) is 3.58. The summed E-state index contributed by atoms with van der Waals surface area (Å²) < 4.78 is 9.19. The molecule has 0 aromatic carbocycles. The molecule has 0 N–H and O–H groups in total. The molecule has 0 bridgehead atoms. The van der Waals surface area contributed by atoms with E-state index in [0.717, 1.165) is 85.5 Å². The molecule has 2 aliphatic rings. The van der Waals surface area contributed by atoms with E-state index in [9.17, 15) is 10.1 Å². The van der Waals surface area contributed by atoms with E-state index in [1.165, 1.54) is 0 Å². The maximum Gasteiger partial charge on any atom is 0.410 e. The molecule has 4 aromatic rings. The highest BCUT2D eigenvalue weighted by Gasteiger charge is 2.41. The van der Waals surface area contributed by atoms with Crippen LogP contribution in [0.1, 0.15) is 52.0 Å². The van der Waals surface area contributed by atoms with E-state index in [4.69, 9.17) is 9.72 Å². The number of piperidine rings is 2. The average molecular weight is 553 g/mol. The molecular formula is C31H36N8O2. The van der Waals surface area contributed by atoms with Gasteiger partial charge in [0.15, 0.2) is 0 Å².